The molecule has 7 heteroatoms. The molecule has 0 unspecified atom stereocenters. The van der Waals surface area contributed by atoms with Crippen LogP contribution in [0.4, 0.5) is 0 Å². The van der Waals surface area contributed by atoms with Gasteiger partial charge in [0.1, 0.15) is 5.15 Å². The van der Waals surface area contributed by atoms with E-state index in [1.165, 1.54) is 11.6 Å². The highest BCUT2D eigenvalue weighted by atomic mass is 127. The number of nitrogens with zero attached hydrogens (tertiary/aromatic N) is 3. The van der Waals surface area contributed by atoms with Crippen molar-refractivity contribution in [1.29, 1.82) is 0 Å². The quantitative estimate of drug-likeness (QED) is 0.421. The predicted octanol–water partition coefficient (Wildman–Crippen LogP) is -2.74. The first-order valence-electron chi connectivity index (χ1n) is 5.02. The lowest BCUT2D eigenvalue weighted by atomic mass is 10.5. The average Bonchev–Trinajstić information content (AvgIpc) is 2.36. The van der Waals surface area contributed by atoms with E-state index in [-0.39, 0.29) is 11.2 Å². The Balaban J connectivity index is 2.44. The molecule has 5 nitrogen and oxygen atoms in total. The highest BCUT2D eigenvalue weighted by Gasteiger charge is 2.22. The molecule has 18 heavy (non-hydrogen) atoms. The Hall–Kier alpha value is -1.15. The Morgan fingerprint density at radius 2 is 2.00 bits per heavy atom. The fourth-order valence-corrected chi connectivity index (χ4v) is 3.93. The summed E-state index contributed by atoms with van der Waals surface area (Å²) in [4.78, 5) is 27.5. The molecule has 2 rings (SSSR count). The Kier molecular flexibility index (Phi) is 3.86. The average molecular weight is 379 g/mol. The molecule has 0 aliphatic rings. The molecule has 2 aromatic rings. The number of halogens is 2. The van der Waals surface area contributed by atoms with Gasteiger partial charge in [0, 0.05) is 14.1 Å². The first kappa shape index (κ1) is 13.3. The van der Waals surface area contributed by atoms with E-state index < -0.39 is 21.2 Å². The summed E-state index contributed by atoms with van der Waals surface area (Å²) in [5, 5.41) is 0.427. The van der Waals surface area contributed by atoms with E-state index in [0.29, 0.717) is 8.72 Å². The summed E-state index contributed by atoms with van der Waals surface area (Å²) >= 11 is 5.04. The van der Waals surface area contributed by atoms with Crippen LogP contribution in [0.1, 0.15) is 0 Å². The molecule has 0 aliphatic heterocycles. The van der Waals surface area contributed by atoms with Crippen LogP contribution in [-0.2, 0) is 14.1 Å². The number of rotatable bonds is 2. The van der Waals surface area contributed by atoms with Gasteiger partial charge in [-0.1, -0.05) is 11.6 Å². The van der Waals surface area contributed by atoms with Crippen LogP contribution in [0.2, 0.25) is 5.15 Å². The van der Waals surface area contributed by atoms with Crippen LogP contribution >= 0.6 is 11.6 Å². The summed E-state index contributed by atoms with van der Waals surface area (Å²) in [6, 6.07) is 3.55. The summed E-state index contributed by atoms with van der Waals surface area (Å²) in [6.45, 7) is 0. The maximum atomic E-state index is 11.9. The zero-order chi connectivity index (χ0) is 13.3. The molecule has 0 aromatic carbocycles. The van der Waals surface area contributed by atoms with Crippen LogP contribution in [0.3, 0.4) is 0 Å². The molecule has 2 heterocycles. The molecule has 2 aromatic heterocycles. The van der Waals surface area contributed by atoms with E-state index in [2.05, 4.69) is 4.98 Å². The summed E-state index contributed by atoms with van der Waals surface area (Å²) in [5.74, 6) is 0. The van der Waals surface area contributed by atoms with Crippen molar-refractivity contribution >= 4 is 11.6 Å². The van der Waals surface area contributed by atoms with Crippen LogP contribution in [0.15, 0.2) is 34.1 Å². The highest BCUT2D eigenvalue weighted by Crippen LogP contribution is 1.98. The third-order valence-electron chi connectivity index (χ3n) is 2.31. The van der Waals surface area contributed by atoms with Crippen LogP contribution in [0, 0.1) is 7.14 Å². The number of aromatic nitrogens is 3. The van der Waals surface area contributed by atoms with Gasteiger partial charge < -0.3 is 0 Å². The van der Waals surface area contributed by atoms with Gasteiger partial charge in [-0.2, -0.15) is 0 Å². The smallest absolute Gasteiger partial charge is 0.299 e. The SMILES string of the molecule is Cn1cc([I+]c2ccc(Cl)nc2)c(=O)n(C)c1=O. The molecule has 0 fully saturated rings. The molecule has 0 atom stereocenters. The Bertz CT molecular complexity index is 691. The normalized spacial score (nSPS) is 10.6. The van der Waals surface area contributed by atoms with Crippen LogP contribution in [0.25, 0.3) is 0 Å². The molecule has 0 bridgehead atoms. The van der Waals surface area contributed by atoms with Crippen molar-refractivity contribution in [3.8, 4) is 0 Å². The standard InChI is InChI=1S/C11H10ClIN3O2/c1-15-6-8(10(17)16(2)11(15)18)13-7-3-4-9(12)14-5-7/h3-6H,1-2H3/q+1. The van der Waals surface area contributed by atoms with Crippen molar-refractivity contribution < 1.29 is 21.2 Å². The van der Waals surface area contributed by atoms with Gasteiger partial charge >= 0.3 is 32.5 Å². The first-order chi connectivity index (χ1) is 8.49. The number of hydrogen-bond acceptors (Lipinski definition) is 3. The monoisotopic (exact) mass is 378 g/mol. The first-order valence-corrected chi connectivity index (χ1v) is 7.55. The molecule has 0 radical (unpaired) electrons. The Labute approximate surface area is 118 Å². The van der Waals surface area contributed by atoms with Gasteiger partial charge in [0.05, 0.1) is 12.4 Å². The van der Waals surface area contributed by atoms with Gasteiger partial charge in [0.25, 0.3) is 3.57 Å². The lowest BCUT2D eigenvalue weighted by Crippen LogP contribution is -3.62. The molecule has 0 aliphatic carbocycles. The summed E-state index contributed by atoms with van der Waals surface area (Å²) < 4.78 is 4.18. The summed E-state index contributed by atoms with van der Waals surface area (Å²) in [5.41, 5.74) is -0.553. The minimum Gasteiger partial charge on any atom is -0.299 e. The van der Waals surface area contributed by atoms with Crippen LogP contribution < -0.4 is 32.5 Å². The molecule has 0 saturated heterocycles. The number of pyridine rings is 1. The van der Waals surface area contributed by atoms with Crippen molar-refractivity contribution in [3.63, 3.8) is 0 Å². The van der Waals surface area contributed by atoms with Crippen molar-refractivity contribution in [1.82, 2.24) is 14.1 Å². The molecule has 0 saturated carbocycles. The minimum absolute atomic E-state index is 0.235. The maximum Gasteiger partial charge on any atom is 0.367 e. The van der Waals surface area contributed by atoms with E-state index in [4.69, 9.17) is 11.6 Å². The largest absolute Gasteiger partial charge is 0.367 e. The van der Waals surface area contributed by atoms with Crippen molar-refractivity contribution in [2.45, 2.75) is 0 Å². The van der Waals surface area contributed by atoms with E-state index in [1.54, 1.807) is 25.5 Å². The third kappa shape index (κ3) is 2.64. The molecule has 0 N–H and O–H groups in total. The lowest BCUT2D eigenvalue weighted by molar-refractivity contribution is -0.600. The molecule has 0 spiro atoms. The van der Waals surface area contributed by atoms with Gasteiger partial charge in [-0.3, -0.25) is 13.9 Å². The van der Waals surface area contributed by atoms with Crippen LogP contribution in [-0.4, -0.2) is 14.1 Å². The molecule has 94 valence electrons. The van der Waals surface area contributed by atoms with Gasteiger partial charge in [0.15, 0.2) is 0 Å². The predicted molar refractivity (Wildman–Crippen MR) is 63.6 cm³/mol. The summed E-state index contributed by atoms with van der Waals surface area (Å²) in [6.07, 6.45) is 3.27. The summed E-state index contributed by atoms with van der Waals surface area (Å²) in [7, 11) is 3.12. The number of hydrogen-bond donors (Lipinski definition) is 0. The fraction of sp³-hybridized carbons (Fsp3) is 0.182. The van der Waals surface area contributed by atoms with Crippen molar-refractivity contribution in [2.75, 3.05) is 0 Å². The molecular weight excluding hydrogens is 368 g/mol. The Morgan fingerprint density at radius 1 is 1.28 bits per heavy atom. The van der Waals surface area contributed by atoms with Crippen molar-refractivity contribution in [2.24, 2.45) is 14.1 Å². The zero-order valence-electron chi connectivity index (χ0n) is 9.72. The molecule has 0 amide bonds. The van der Waals surface area contributed by atoms with E-state index in [1.807, 2.05) is 6.07 Å². The van der Waals surface area contributed by atoms with Gasteiger partial charge in [0.2, 0.25) is 3.57 Å². The minimum atomic E-state index is -0.666. The topological polar surface area (TPSA) is 56.9 Å². The van der Waals surface area contributed by atoms with E-state index in [9.17, 15) is 9.59 Å². The highest BCUT2D eigenvalue weighted by molar-refractivity contribution is 6.29. The third-order valence-corrected chi connectivity index (χ3v) is 5.11. The van der Waals surface area contributed by atoms with E-state index >= 15 is 0 Å². The zero-order valence-corrected chi connectivity index (χ0v) is 12.6. The van der Waals surface area contributed by atoms with Gasteiger partial charge in [-0.05, 0) is 12.1 Å². The van der Waals surface area contributed by atoms with Crippen molar-refractivity contribution in [3.05, 3.63) is 57.7 Å². The molecular formula is C11H10ClIN3O2+. The second-order valence-electron chi connectivity index (χ2n) is 3.63. The second-order valence-corrected chi connectivity index (χ2v) is 6.96. The Morgan fingerprint density at radius 3 is 2.61 bits per heavy atom. The van der Waals surface area contributed by atoms with Crippen LogP contribution in [0.5, 0.6) is 0 Å². The fourth-order valence-electron chi connectivity index (χ4n) is 1.36. The van der Waals surface area contributed by atoms with E-state index in [0.717, 1.165) is 8.14 Å². The second kappa shape index (κ2) is 5.23. The maximum absolute atomic E-state index is 11.9. The lowest BCUT2D eigenvalue weighted by Gasteiger charge is -1.99. The van der Waals surface area contributed by atoms with Gasteiger partial charge in [-0.25, -0.2) is 9.78 Å². The number of aryl methyl sites for hydroxylation is 1. The van der Waals surface area contributed by atoms with Gasteiger partial charge in [-0.15, -0.1) is 0 Å².